The smallest absolute Gasteiger partial charge is 0.107 e. The van der Waals surface area contributed by atoms with Crippen LogP contribution < -0.4 is 5.32 Å². The molecule has 0 bridgehead atoms. The highest BCUT2D eigenvalue weighted by atomic mass is 32.2. The number of hydrogen-bond donors (Lipinski definition) is 1. The molecule has 1 heterocycles. The van der Waals surface area contributed by atoms with Gasteiger partial charge in [-0.25, -0.2) is 0 Å². The Morgan fingerprint density at radius 2 is 2.32 bits per heavy atom. The fraction of sp³-hybridized carbons (Fsp3) is 0.933. The lowest BCUT2D eigenvalue weighted by Crippen LogP contribution is -2.48. The second kappa shape index (κ2) is 7.52. The van der Waals surface area contributed by atoms with Gasteiger partial charge in [-0.15, -0.1) is 0 Å². The fourth-order valence-corrected chi connectivity index (χ4v) is 4.54. The maximum absolute atomic E-state index is 9.52. The van der Waals surface area contributed by atoms with Gasteiger partial charge in [-0.05, 0) is 51.5 Å². The molecule has 3 nitrogen and oxygen atoms in total. The number of thioether (sulfide) groups is 1. The molecule has 3 unspecified atom stereocenters. The molecule has 0 spiro atoms. The van der Waals surface area contributed by atoms with Crippen LogP contribution in [0, 0.1) is 11.3 Å². The number of rotatable bonds is 6. The van der Waals surface area contributed by atoms with Gasteiger partial charge in [0.2, 0.25) is 0 Å². The van der Waals surface area contributed by atoms with Crippen LogP contribution in [0.4, 0.5) is 0 Å². The van der Waals surface area contributed by atoms with E-state index in [0.29, 0.717) is 11.4 Å². The minimum absolute atomic E-state index is 0.261. The van der Waals surface area contributed by atoms with E-state index < -0.39 is 0 Å². The van der Waals surface area contributed by atoms with Gasteiger partial charge < -0.3 is 4.74 Å². The largest absolute Gasteiger partial charge is 0.377 e. The van der Waals surface area contributed by atoms with E-state index in [1.807, 2.05) is 11.8 Å². The molecule has 108 valence electrons. The molecule has 2 rings (SSSR count). The zero-order valence-corrected chi connectivity index (χ0v) is 12.8. The molecule has 0 aromatic rings. The van der Waals surface area contributed by atoms with Gasteiger partial charge in [0.15, 0.2) is 0 Å². The molecular weight excluding hydrogens is 256 g/mol. The van der Waals surface area contributed by atoms with Crippen LogP contribution in [0.15, 0.2) is 0 Å². The van der Waals surface area contributed by atoms with Crippen molar-refractivity contribution in [1.29, 1.82) is 5.26 Å². The summed E-state index contributed by atoms with van der Waals surface area (Å²) in [4.78, 5) is 0. The van der Waals surface area contributed by atoms with Crippen molar-refractivity contribution < 1.29 is 4.74 Å². The Morgan fingerprint density at radius 3 is 3.00 bits per heavy atom. The van der Waals surface area contributed by atoms with E-state index in [9.17, 15) is 5.26 Å². The minimum atomic E-state index is -0.261. The van der Waals surface area contributed by atoms with Crippen molar-refractivity contribution in [1.82, 2.24) is 5.32 Å². The molecule has 1 saturated carbocycles. The quantitative estimate of drug-likeness (QED) is 0.813. The lowest BCUT2D eigenvalue weighted by molar-refractivity contribution is 0.128. The average Bonchev–Trinajstić information content (AvgIpc) is 2.97. The Morgan fingerprint density at radius 1 is 1.42 bits per heavy atom. The van der Waals surface area contributed by atoms with Crippen molar-refractivity contribution in [3.8, 4) is 6.07 Å². The normalized spacial score (nSPS) is 35.2. The molecule has 1 saturated heterocycles. The highest BCUT2D eigenvalue weighted by molar-refractivity contribution is 7.99. The second-order valence-corrected chi connectivity index (χ2v) is 7.14. The van der Waals surface area contributed by atoms with Crippen LogP contribution in [0.1, 0.15) is 51.9 Å². The average molecular weight is 282 g/mol. The van der Waals surface area contributed by atoms with Gasteiger partial charge in [-0.3, -0.25) is 5.32 Å². The third-order valence-corrected chi connectivity index (χ3v) is 5.61. The highest BCUT2D eigenvalue weighted by Gasteiger charge is 2.36. The molecule has 0 amide bonds. The molecule has 1 aliphatic heterocycles. The predicted molar refractivity (Wildman–Crippen MR) is 80.3 cm³/mol. The van der Waals surface area contributed by atoms with Crippen molar-refractivity contribution in [2.45, 2.75) is 68.8 Å². The van der Waals surface area contributed by atoms with Crippen molar-refractivity contribution in [2.75, 3.05) is 18.9 Å². The first-order valence-corrected chi connectivity index (χ1v) is 8.72. The lowest BCUT2D eigenvalue weighted by Gasteiger charge is -2.36. The van der Waals surface area contributed by atoms with Crippen molar-refractivity contribution >= 4 is 11.8 Å². The van der Waals surface area contributed by atoms with E-state index in [2.05, 4.69) is 18.3 Å². The number of ether oxygens (including phenoxy) is 1. The maximum Gasteiger partial charge on any atom is 0.107 e. The first-order chi connectivity index (χ1) is 9.28. The summed E-state index contributed by atoms with van der Waals surface area (Å²) < 4.78 is 5.69. The standard InChI is InChI=1S/C15H26N2OS/c1-2-8-17-15(12-16)7-3-6-14(10-15)19-11-13-5-4-9-18-13/h13-14,17H,2-11H2,1H3. The summed E-state index contributed by atoms with van der Waals surface area (Å²) in [5.41, 5.74) is -0.261. The zero-order chi connectivity index (χ0) is 13.6. The fourth-order valence-electron chi connectivity index (χ4n) is 3.05. The molecule has 19 heavy (non-hydrogen) atoms. The molecule has 4 heteroatoms. The Kier molecular flexibility index (Phi) is 6.00. The molecule has 0 radical (unpaired) electrons. The molecule has 3 atom stereocenters. The highest BCUT2D eigenvalue weighted by Crippen LogP contribution is 2.35. The van der Waals surface area contributed by atoms with Gasteiger partial charge in [-0.1, -0.05) is 6.92 Å². The summed E-state index contributed by atoms with van der Waals surface area (Å²) in [6, 6.07) is 2.55. The van der Waals surface area contributed by atoms with Crippen LogP contribution in [0.3, 0.4) is 0 Å². The number of nitrogens with one attached hydrogen (secondary N) is 1. The molecule has 2 fully saturated rings. The monoisotopic (exact) mass is 282 g/mol. The molecule has 1 N–H and O–H groups in total. The molecular formula is C15H26N2OS. The molecule has 0 aromatic heterocycles. The number of nitriles is 1. The first kappa shape index (κ1) is 15.2. The van der Waals surface area contributed by atoms with Crippen molar-refractivity contribution in [2.24, 2.45) is 0 Å². The predicted octanol–water partition coefficient (Wildman–Crippen LogP) is 3.10. The van der Waals surface area contributed by atoms with Gasteiger partial charge in [0, 0.05) is 17.6 Å². The van der Waals surface area contributed by atoms with Crippen LogP contribution in [0.5, 0.6) is 0 Å². The Hall–Kier alpha value is -0.240. The third kappa shape index (κ3) is 4.37. The number of hydrogen-bond acceptors (Lipinski definition) is 4. The molecule has 1 aliphatic carbocycles. The minimum Gasteiger partial charge on any atom is -0.377 e. The summed E-state index contributed by atoms with van der Waals surface area (Å²) >= 11 is 2.03. The van der Waals surface area contributed by atoms with Gasteiger partial charge in [-0.2, -0.15) is 17.0 Å². The van der Waals surface area contributed by atoms with Crippen molar-refractivity contribution in [3.63, 3.8) is 0 Å². The SMILES string of the molecule is CCCNC1(C#N)CCCC(SCC2CCCO2)C1. The van der Waals surface area contributed by atoms with E-state index in [0.717, 1.165) is 38.2 Å². The van der Waals surface area contributed by atoms with Gasteiger partial charge in [0.25, 0.3) is 0 Å². The van der Waals surface area contributed by atoms with Gasteiger partial charge >= 0.3 is 0 Å². The summed E-state index contributed by atoms with van der Waals surface area (Å²) in [7, 11) is 0. The Labute approximate surface area is 121 Å². The van der Waals surface area contributed by atoms with E-state index in [1.165, 1.54) is 25.7 Å². The van der Waals surface area contributed by atoms with Crippen LogP contribution in [-0.2, 0) is 4.74 Å². The van der Waals surface area contributed by atoms with Crippen LogP contribution in [0.25, 0.3) is 0 Å². The van der Waals surface area contributed by atoms with E-state index >= 15 is 0 Å². The third-order valence-electron chi connectivity index (χ3n) is 4.17. The molecule has 2 aliphatic rings. The van der Waals surface area contributed by atoms with E-state index in [1.54, 1.807) is 0 Å². The summed E-state index contributed by atoms with van der Waals surface area (Å²) in [5, 5.41) is 13.6. The van der Waals surface area contributed by atoms with Gasteiger partial charge in [0.05, 0.1) is 12.2 Å². The summed E-state index contributed by atoms with van der Waals surface area (Å²) in [5.74, 6) is 1.11. The lowest BCUT2D eigenvalue weighted by atomic mass is 9.82. The van der Waals surface area contributed by atoms with E-state index in [-0.39, 0.29) is 5.54 Å². The Bertz CT molecular complexity index is 312. The van der Waals surface area contributed by atoms with Crippen molar-refractivity contribution in [3.05, 3.63) is 0 Å². The summed E-state index contributed by atoms with van der Waals surface area (Å²) in [6.45, 7) is 4.05. The number of nitrogens with zero attached hydrogens (tertiary/aromatic N) is 1. The topological polar surface area (TPSA) is 45.0 Å². The zero-order valence-electron chi connectivity index (χ0n) is 12.0. The van der Waals surface area contributed by atoms with Gasteiger partial charge in [0.1, 0.15) is 5.54 Å². The van der Waals surface area contributed by atoms with Crippen LogP contribution in [-0.4, -0.2) is 35.8 Å². The molecule has 0 aromatic carbocycles. The first-order valence-electron chi connectivity index (χ1n) is 7.67. The van der Waals surface area contributed by atoms with Crippen LogP contribution in [0.2, 0.25) is 0 Å². The summed E-state index contributed by atoms with van der Waals surface area (Å²) in [6.07, 6.45) is 8.44. The van der Waals surface area contributed by atoms with Crippen LogP contribution >= 0.6 is 11.8 Å². The second-order valence-electron chi connectivity index (χ2n) is 5.81. The Balaban J connectivity index is 1.79. The maximum atomic E-state index is 9.52. The van der Waals surface area contributed by atoms with E-state index in [4.69, 9.17) is 4.74 Å².